The monoisotopic (exact) mass is 334 g/mol. The molecule has 20 heavy (non-hydrogen) atoms. The van der Waals surface area contributed by atoms with Crippen LogP contribution < -0.4 is 15.0 Å². The van der Waals surface area contributed by atoms with Gasteiger partial charge in [-0.15, -0.1) is 0 Å². The van der Waals surface area contributed by atoms with Crippen LogP contribution in [-0.4, -0.2) is 21.1 Å². The molecule has 0 bridgehead atoms. The molecule has 0 unspecified atom stereocenters. The zero-order valence-electron chi connectivity index (χ0n) is 12.0. The Morgan fingerprint density at radius 3 is 2.50 bits per heavy atom. The Kier molecular flexibility index (Phi) is 5.04. The third-order valence-electron chi connectivity index (χ3n) is 2.96. The Bertz CT molecular complexity index is 584. The Balaban J connectivity index is 2.17. The quantitative estimate of drug-likeness (QED) is 0.893. The number of halogens is 1. The van der Waals surface area contributed by atoms with Gasteiger partial charge in [-0.2, -0.15) is 0 Å². The van der Waals surface area contributed by atoms with Gasteiger partial charge in [0.05, 0.1) is 0 Å². The number of hydrogen-bond donors (Lipinski definition) is 1. The Morgan fingerprint density at radius 1 is 1.10 bits per heavy atom. The molecule has 0 saturated carbocycles. The first kappa shape index (κ1) is 14.9. The molecule has 2 aromatic carbocycles. The molecule has 3 nitrogen and oxygen atoms in total. The molecule has 1 N–H and O–H groups in total. The zero-order chi connectivity index (χ0) is 14.5. The fraction of sp³-hybridized carbons (Fsp3) is 0.250. The molecule has 0 spiro atoms. The van der Waals surface area contributed by atoms with Crippen LogP contribution in [0.2, 0.25) is 0 Å². The zero-order valence-corrected chi connectivity index (χ0v) is 13.6. The Hall–Kier alpha value is -1.52. The number of anilines is 1. The average molecular weight is 335 g/mol. The summed E-state index contributed by atoms with van der Waals surface area (Å²) in [4.78, 5) is 2.05. The maximum absolute atomic E-state index is 5.91. The minimum absolute atomic E-state index is 0.827. The van der Waals surface area contributed by atoms with Crippen molar-refractivity contribution >= 4 is 21.6 Å². The standard InChI is InChI=1S/C16H19BrN2O/c1-18-11-12-7-8-15(10-16(12)17)20-14-6-4-5-13(9-14)19(2)3/h4-10,18H,11H2,1-3H3. The molecular formula is C16H19BrN2O. The first-order valence-electron chi connectivity index (χ1n) is 6.48. The summed E-state index contributed by atoms with van der Waals surface area (Å²) in [6.07, 6.45) is 0. The molecule has 0 atom stereocenters. The van der Waals surface area contributed by atoms with Crippen LogP contribution in [0.4, 0.5) is 5.69 Å². The SMILES string of the molecule is CNCc1ccc(Oc2cccc(N(C)C)c2)cc1Br. The van der Waals surface area contributed by atoms with E-state index in [0.29, 0.717) is 0 Å². The van der Waals surface area contributed by atoms with Crippen LogP contribution in [0, 0.1) is 0 Å². The van der Waals surface area contributed by atoms with Gasteiger partial charge in [-0.1, -0.05) is 28.1 Å². The third kappa shape index (κ3) is 3.74. The lowest BCUT2D eigenvalue weighted by atomic mass is 10.2. The Labute approximate surface area is 128 Å². The number of hydrogen-bond acceptors (Lipinski definition) is 3. The molecule has 0 heterocycles. The summed E-state index contributed by atoms with van der Waals surface area (Å²) in [6.45, 7) is 0.830. The summed E-state index contributed by atoms with van der Waals surface area (Å²) < 4.78 is 6.96. The number of benzene rings is 2. The van der Waals surface area contributed by atoms with Crippen molar-refractivity contribution in [3.05, 3.63) is 52.5 Å². The second-order valence-corrected chi connectivity index (χ2v) is 5.63. The molecular weight excluding hydrogens is 316 g/mol. The average Bonchev–Trinajstić information content (AvgIpc) is 2.42. The van der Waals surface area contributed by atoms with E-state index in [1.165, 1.54) is 5.56 Å². The molecule has 2 aromatic rings. The minimum atomic E-state index is 0.827. The molecule has 4 heteroatoms. The van der Waals surface area contributed by atoms with Crippen LogP contribution in [-0.2, 0) is 6.54 Å². The maximum Gasteiger partial charge on any atom is 0.129 e. The van der Waals surface area contributed by atoms with Crippen LogP contribution in [0.5, 0.6) is 11.5 Å². The first-order chi connectivity index (χ1) is 9.60. The topological polar surface area (TPSA) is 24.5 Å². The highest BCUT2D eigenvalue weighted by atomic mass is 79.9. The van der Waals surface area contributed by atoms with Crippen molar-refractivity contribution < 1.29 is 4.74 Å². The van der Waals surface area contributed by atoms with E-state index in [-0.39, 0.29) is 0 Å². The largest absolute Gasteiger partial charge is 0.457 e. The van der Waals surface area contributed by atoms with Gasteiger partial charge in [0.25, 0.3) is 0 Å². The lowest BCUT2D eigenvalue weighted by Crippen LogP contribution is -2.08. The van der Waals surface area contributed by atoms with E-state index in [2.05, 4.69) is 38.3 Å². The van der Waals surface area contributed by atoms with Crippen molar-refractivity contribution in [2.24, 2.45) is 0 Å². The number of ether oxygens (including phenoxy) is 1. The molecule has 0 aliphatic rings. The molecule has 106 valence electrons. The maximum atomic E-state index is 5.91. The summed E-state index contributed by atoms with van der Waals surface area (Å²) >= 11 is 3.57. The normalized spacial score (nSPS) is 10.4. The van der Waals surface area contributed by atoms with Gasteiger partial charge in [0, 0.05) is 36.9 Å². The molecule has 0 aromatic heterocycles. The van der Waals surface area contributed by atoms with E-state index >= 15 is 0 Å². The summed E-state index contributed by atoms with van der Waals surface area (Å²) in [7, 11) is 5.97. The summed E-state index contributed by atoms with van der Waals surface area (Å²) in [5, 5.41) is 3.14. The van der Waals surface area contributed by atoms with Crippen LogP contribution in [0.25, 0.3) is 0 Å². The second-order valence-electron chi connectivity index (χ2n) is 4.78. The molecule has 0 amide bonds. The van der Waals surface area contributed by atoms with Crippen LogP contribution in [0.15, 0.2) is 46.9 Å². The summed E-state index contributed by atoms with van der Waals surface area (Å²) in [6, 6.07) is 14.1. The van der Waals surface area contributed by atoms with Gasteiger partial charge in [-0.05, 0) is 36.9 Å². The van der Waals surface area contributed by atoms with Crippen molar-refractivity contribution in [2.45, 2.75) is 6.54 Å². The van der Waals surface area contributed by atoms with Gasteiger partial charge in [-0.25, -0.2) is 0 Å². The number of nitrogens with one attached hydrogen (secondary N) is 1. The highest BCUT2D eigenvalue weighted by molar-refractivity contribution is 9.10. The highest BCUT2D eigenvalue weighted by Crippen LogP contribution is 2.28. The highest BCUT2D eigenvalue weighted by Gasteiger charge is 2.04. The predicted molar refractivity (Wildman–Crippen MR) is 87.7 cm³/mol. The van der Waals surface area contributed by atoms with Gasteiger partial charge in [0.15, 0.2) is 0 Å². The molecule has 2 rings (SSSR count). The van der Waals surface area contributed by atoms with Gasteiger partial charge in [-0.3, -0.25) is 0 Å². The lowest BCUT2D eigenvalue weighted by molar-refractivity contribution is 0.482. The minimum Gasteiger partial charge on any atom is -0.457 e. The van der Waals surface area contributed by atoms with Crippen LogP contribution >= 0.6 is 15.9 Å². The van der Waals surface area contributed by atoms with Crippen LogP contribution in [0.1, 0.15) is 5.56 Å². The summed E-state index contributed by atoms with van der Waals surface area (Å²) in [5.41, 5.74) is 2.33. The smallest absolute Gasteiger partial charge is 0.129 e. The Morgan fingerprint density at radius 2 is 1.85 bits per heavy atom. The fourth-order valence-electron chi connectivity index (χ4n) is 1.89. The van der Waals surface area contributed by atoms with Crippen LogP contribution in [0.3, 0.4) is 0 Å². The molecule has 0 saturated heterocycles. The number of rotatable bonds is 5. The van der Waals surface area contributed by atoms with Crippen molar-refractivity contribution in [2.75, 3.05) is 26.0 Å². The molecule has 0 radical (unpaired) electrons. The molecule has 0 aliphatic heterocycles. The third-order valence-corrected chi connectivity index (χ3v) is 3.70. The van der Waals surface area contributed by atoms with Gasteiger partial charge in [0.1, 0.15) is 11.5 Å². The van der Waals surface area contributed by atoms with Crippen molar-refractivity contribution in [3.8, 4) is 11.5 Å². The van der Waals surface area contributed by atoms with E-state index in [0.717, 1.165) is 28.2 Å². The molecule has 0 fully saturated rings. The van der Waals surface area contributed by atoms with Gasteiger partial charge in [0.2, 0.25) is 0 Å². The number of nitrogens with zero attached hydrogens (tertiary/aromatic N) is 1. The van der Waals surface area contributed by atoms with E-state index in [9.17, 15) is 0 Å². The predicted octanol–water partition coefficient (Wildman–Crippen LogP) is 4.03. The molecule has 0 aliphatic carbocycles. The van der Waals surface area contributed by atoms with E-state index in [1.807, 2.05) is 51.5 Å². The van der Waals surface area contributed by atoms with Crippen molar-refractivity contribution in [1.82, 2.24) is 5.32 Å². The van der Waals surface area contributed by atoms with E-state index in [4.69, 9.17) is 4.74 Å². The second kappa shape index (κ2) is 6.77. The lowest BCUT2D eigenvalue weighted by Gasteiger charge is -2.14. The fourth-order valence-corrected chi connectivity index (χ4v) is 2.38. The van der Waals surface area contributed by atoms with E-state index < -0.39 is 0 Å². The van der Waals surface area contributed by atoms with Crippen molar-refractivity contribution in [3.63, 3.8) is 0 Å². The summed E-state index contributed by atoms with van der Waals surface area (Å²) in [5.74, 6) is 1.66. The van der Waals surface area contributed by atoms with Gasteiger partial charge >= 0.3 is 0 Å². The van der Waals surface area contributed by atoms with Gasteiger partial charge < -0.3 is 15.0 Å². The van der Waals surface area contributed by atoms with Crippen molar-refractivity contribution in [1.29, 1.82) is 0 Å². The first-order valence-corrected chi connectivity index (χ1v) is 7.27. The van der Waals surface area contributed by atoms with E-state index in [1.54, 1.807) is 0 Å².